The van der Waals surface area contributed by atoms with Crippen LogP contribution in [0, 0.1) is 32.6 Å². The molecule has 0 spiro atoms. The first-order chi connectivity index (χ1) is 30.4. The second-order valence-electron chi connectivity index (χ2n) is 17.0. The summed E-state index contributed by atoms with van der Waals surface area (Å²) in [6.45, 7) is 6.48. The minimum atomic E-state index is -0.478. The van der Waals surface area contributed by atoms with Crippen molar-refractivity contribution in [2.75, 3.05) is 0 Å². The molecule has 0 radical (unpaired) electrons. The van der Waals surface area contributed by atoms with Crippen molar-refractivity contribution in [3.63, 3.8) is 0 Å². The number of nitrogens with zero attached hydrogens (tertiary/aromatic N) is 3. The van der Waals surface area contributed by atoms with Crippen molar-refractivity contribution >= 4 is 5.57 Å². The Morgan fingerprint density at radius 1 is 0.667 bits per heavy atom. The Morgan fingerprint density at radius 3 is 1.98 bits per heavy atom. The van der Waals surface area contributed by atoms with Gasteiger partial charge in [-0.1, -0.05) is 194 Å². The van der Waals surface area contributed by atoms with Gasteiger partial charge in [-0.05, 0) is 92.5 Å². The van der Waals surface area contributed by atoms with Gasteiger partial charge in [-0.2, -0.15) is 0 Å². The molecule has 1 aromatic heterocycles. The van der Waals surface area contributed by atoms with Gasteiger partial charge in [0, 0.05) is 22.6 Å². The number of hydrogen-bond donors (Lipinski definition) is 0. The van der Waals surface area contributed by atoms with E-state index in [0.717, 1.165) is 53.9 Å². The maximum atomic E-state index is 6.52. The monoisotopic (exact) mass is 819 g/mol. The number of aryl methyl sites for hydroxylation is 3. The van der Waals surface area contributed by atoms with Crippen molar-refractivity contribution < 1.29 is 4.74 Å². The molecule has 3 atom stereocenters. The highest BCUT2D eigenvalue weighted by atomic mass is 16.5. The van der Waals surface area contributed by atoms with Gasteiger partial charge in [0.2, 0.25) is 0 Å². The highest BCUT2D eigenvalue weighted by molar-refractivity contribution is 5.73. The number of benzene rings is 5. The van der Waals surface area contributed by atoms with Crippen LogP contribution in [0.1, 0.15) is 107 Å². The smallest absolute Gasteiger partial charge is 0.163 e. The molecule has 0 bridgehead atoms. The predicted molar refractivity (Wildman–Crippen MR) is 259 cm³/mol. The summed E-state index contributed by atoms with van der Waals surface area (Å²) in [5.74, 6) is 11.1. The van der Waals surface area contributed by atoms with Crippen LogP contribution in [0.3, 0.4) is 0 Å². The van der Waals surface area contributed by atoms with E-state index in [1.807, 2.05) is 18.2 Å². The minimum absolute atomic E-state index is 0. The lowest BCUT2D eigenvalue weighted by Crippen LogP contribution is -2.32. The van der Waals surface area contributed by atoms with Crippen LogP contribution in [0.15, 0.2) is 187 Å². The van der Waals surface area contributed by atoms with Gasteiger partial charge in [-0.3, -0.25) is 0 Å². The number of ether oxygens (including phenoxy) is 1. The Morgan fingerprint density at radius 2 is 1.33 bits per heavy atom. The summed E-state index contributed by atoms with van der Waals surface area (Å²) in [6, 6.07) is 44.2. The average molecular weight is 820 g/mol. The first kappa shape index (κ1) is 41.3. The molecule has 0 N–H and O–H groups in total. The van der Waals surface area contributed by atoms with Crippen LogP contribution in [-0.2, 0) is 5.41 Å². The molecule has 0 saturated carbocycles. The van der Waals surface area contributed by atoms with Gasteiger partial charge in [0.25, 0.3) is 0 Å². The molecule has 10 rings (SSSR count). The summed E-state index contributed by atoms with van der Waals surface area (Å²) in [7, 11) is 0. The Kier molecular flexibility index (Phi) is 11.6. The molecular weight excluding hydrogens is 767 g/mol. The van der Waals surface area contributed by atoms with Crippen LogP contribution in [0.2, 0.25) is 0 Å². The molecular formula is C59H53N3O. The Balaban J connectivity index is 0.00000504. The molecule has 0 saturated heterocycles. The number of allylic oxidation sites excluding steroid dienone is 12. The Bertz CT molecular complexity index is 2790. The topological polar surface area (TPSA) is 47.9 Å². The van der Waals surface area contributed by atoms with Crippen molar-refractivity contribution in [1.82, 2.24) is 15.0 Å². The maximum absolute atomic E-state index is 6.52. The van der Waals surface area contributed by atoms with Gasteiger partial charge < -0.3 is 4.74 Å². The van der Waals surface area contributed by atoms with Crippen molar-refractivity contribution in [1.29, 1.82) is 0 Å². The van der Waals surface area contributed by atoms with E-state index >= 15 is 0 Å². The van der Waals surface area contributed by atoms with E-state index in [4.69, 9.17) is 19.7 Å². The van der Waals surface area contributed by atoms with E-state index in [2.05, 4.69) is 190 Å². The lowest BCUT2D eigenvalue weighted by atomic mass is 9.63. The minimum Gasteiger partial charge on any atom is -0.460 e. The lowest BCUT2D eigenvalue weighted by molar-refractivity contribution is 0.435. The second-order valence-corrected chi connectivity index (χ2v) is 17.0. The molecule has 310 valence electrons. The highest BCUT2D eigenvalue weighted by Crippen LogP contribution is 2.49. The zero-order valence-corrected chi connectivity index (χ0v) is 35.6. The van der Waals surface area contributed by atoms with Crippen LogP contribution < -0.4 is 4.74 Å². The van der Waals surface area contributed by atoms with Crippen LogP contribution in [-0.4, -0.2) is 15.0 Å². The molecule has 6 aromatic rings. The molecule has 4 heteroatoms. The van der Waals surface area contributed by atoms with E-state index in [9.17, 15) is 0 Å². The Labute approximate surface area is 373 Å². The standard InChI is InChI=1S/C58H49N3O.CH4/c1-39-18-28-47(29-19-39)58(48-30-20-40(2)21-31-48,49-32-22-41(3)23-33-49)50-34-24-42(25-35-50)46-27-37-54-52(38-46)51-36-26-45(16-11-17-53(51)62-54)57-60-55(43-12-7-4-5-8-13-43)59-56(61-57)44-14-9-6-10-15-44;/h4,6-10,12-15,17-24,27-35,37-38,42,45,51H,5,11,16,25H2,1-3H3;1H4/b53-17+;. The number of fused-ring (bicyclic) bond motifs is 3. The summed E-state index contributed by atoms with van der Waals surface area (Å²) in [5, 5.41) is 0. The third-order valence-corrected chi connectivity index (χ3v) is 12.7. The van der Waals surface area contributed by atoms with Gasteiger partial charge in [0.05, 0.1) is 11.3 Å². The van der Waals surface area contributed by atoms with Gasteiger partial charge in [0.15, 0.2) is 11.6 Å². The molecule has 0 amide bonds. The summed E-state index contributed by atoms with van der Waals surface area (Å²) < 4.78 is 6.52. The second kappa shape index (κ2) is 17.7. The normalized spacial score (nSPS) is 19.5. The fourth-order valence-electron chi connectivity index (χ4n) is 9.28. The van der Waals surface area contributed by atoms with Gasteiger partial charge in [-0.15, -0.1) is 0 Å². The average Bonchev–Trinajstić information content (AvgIpc) is 3.43. The molecule has 5 aromatic carbocycles. The zero-order chi connectivity index (χ0) is 42.0. The molecule has 4 aliphatic rings. The van der Waals surface area contributed by atoms with E-state index < -0.39 is 5.41 Å². The van der Waals surface area contributed by atoms with Crippen molar-refractivity contribution in [2.45, 2.75) is 77.0 Å². The Hall–Kier alpha value is -7.09. The van der Waals surface area contributed by atoms with E-state index in [-0.39, 0.29) is 25.2 Å². The SMILES string of the molecule is C.Cc1ccc(C(C2=CCC(c3ccc4c(c3)C3C#CC(c5nc(C6=CC=CCC=C6)nc(-c6ccccc6)n5)CC/C=C\3O4)C=C2)(c2ccc(C)cc2)c2ccc(C)cc2)cc1. The summed E-state index contributed by atoms with van der Waals surface area (Å²) in [5.41, 5.74) is 12.7. The lowest BCUT2D eigenvalue weighted by Gasteiger charge is -2.39. The summed E-state index contributed by atoms with van der Waals surface area (Å²) in [6.07, 6.45) is 23.4. The van der Waals surface area contributed by atoms with E-state index in [1.54, 1.807) is 0 Å². The fourth-order valence-corrected chi connectivity index (χ4v) is 9.28. The maximum Gasteiger partial charge on any atom is 0.163 e. The van der Waals surface area contributed by atoms with Crippen LogP contribution in [0.5, 0.6) is 5.75 Å². The third-order valence-electron chi connectivity index (χ3n) is 12.7. The molecule has 0 fully saturated rings. The number of rotatable bonds is 8. The van der Waals surface area contributed by atoms with E-state index in [1.165, 1.54) is 44.5 Å². The third kappa shape index (κ3) is 8.08. The first-order valence-electron chi connectivity index (χ1n) is 21.9. The van der Waals surface area contributed by atoms with Gasteiger partial charge >= 0.3 is 0 Å². The highest BCUT2D eigenvalue weighted by Gasteiger charge is 2.40. The van der Waals surface area contributed by atoms with Gasteiger partial charge in [0.1, 0.15) is 23.3 Å². The summed E-state index contributed by atoms with van der Waals surface area (Å²) >= 11 is 0. The molecule has 4 nitrogen and oxygen atoms in total. The van der Waals surface area contributed by atoms with E-state index in [0.29, 0.717) is 17.5 Å². The fraction of sp³-hybridized carbons (Fsp3) is 0.203. The molecule has 63 heavy (non-hydrogen) atoms. The summed E-state index contributed by atoms with van der Waals surface area (Å²) in [4.78, 5) is 15.1. The quantitative estimate of drug-likeness (QED) is 0.113. The molecule has 1 aliphatic heterocycles. The zero-order valence-electron chi connectivity index (χ0n) is 35.6. The predicted octanol–water partition coefficient (Wildman–Crippen LogP) is 13.9. The van der Waals surface area contributed by atoms with Crippen LogP contribution in [0.4, 0.5) is 0 Å². The van der Waals surface area contributed by atoms with Crippen molar-refractivity contribution in [2.24, 2.45) is 0 Å². The first-order valence-corrected chi connectivity index (χ1v) is 21.9. The number of aromatic nitrogens is 3. The van der Waals surface area contributed by atoms with Gasteiger partial charge in [-0.25, -0.2) is 15.0 Å². The molecule has 2 heterocycles. The molecule has 3 aliphatic carbocycles. The van der Waals surface area contributed by atoms with Crippen LogP contribution >= 0.6 is 0 Å². The molecule has 3 unspecified atom stereocenters. The van der Waals surface area contributed by atoms with Crippen LogP contribution in [0.25, 0.3) is 17.0 Å². The number of hydrogen-bond acceptors (Lipinski definition) is 4. The van der Waals surface area contributed by atoms with Crippen molar-refractivity contribution in [3.8, 4) is 29.0 Å². The largest absolute Gasteiger partial charge is 0.460 e. The van der Waals surface area contributed by atoms with Crippen molar-refractivity contribution in [3.05, 3.63) is 244 Å².